The minimum atomic E-state index is -4.87. The highest BCUT2D eigenvalue weighted by atomic mass is 79.9. The average molecular weight is 468 g/mol. The van der Waals surface area contributed by atoms with Crippen LogP contribution in [0.3, 0.4) is 0 Å². The molecular weight excluding hydrogens is 456 g/mol. The molecule has 0 radical (unpaired) electrons. The first-order valence-corrected chi connectivity index (χ1v) is 8.46. The van der Waals surface area contributed by atoms with Gasteiger partial charge in [-0.1, -0.05) is 0 Å². The van der Waals surface area contributed by atoms with Crippen LogP contribution in [0.5, 0.6) is 5.88 Å². The van der Waals surface area contributed by atoms with Crippen molar-refractivity contribution in [3.05, 3.63) is 52.1 Å². The molecule has 0 aliphatic heterocycles. The summed E-state index contributed by atoms with van der Waals surface area (Å²) in [5, 5.41) is 8.81. The highest BCUT2D eigenvalue weighted by Gasteiger charge is 2.36. The van der Waals surface area contributed by atoms with Gasteiger partial charge in [0.05, 0.1) is 23.7 Å². The predicted octanol–water partition coefficient (Wildman–Crippen LogP) is 5.18. The number of pyridine rings is 1. The minimum Gasteiger partial charge on any atom is -0.476 e. The number of nitrogens with zero attached hydrogens (tertiary/aromatic N) is 3. The van der Waals surface area contributed by atoms with Crippen LogP contribution in [0.2, 0.25) is 0 Å². The maximum atomic E-state index is 13.1. The first-order chi connectivity index (χ1) is 13.0. The lowest BCUT2D eigenvalue weighted by Crippen LogP contribution is -2.37. The summed E-state index contributed by atoms with van der Waals surface area (Å²) in [6.45, 7) is -2.07. The van der Waals surface area contributed by atoms with Crippen LogP contribution in [0.1, 0.15) is 11.1 Å². The molecule has 1 heterocycles. The van der Waals surface area contributed by atoms with Crippen LogP contribution in [0.15, 0.2) is 41.0 Å². The Bertz CT molecular complexity index is 846. The summed E-state index contributed by atoms with van der Waals surface area (Å²) in [4.78, 5) is 4.60. The monoisotopic (exact) mass is 467 g/mol. The normalized spacial score (nSPS) is 11.8. The SMILES string of the molecule is N#Cc1ccc(N(CCOc2ccc(Br)cn2)CC(F)(F)F)cc1C(F)(F)F. The Labute approximate surface area is 164 Å². The van der Waals surface area contributed by atoms with Crippen LogP contribution < -0.4 is 9.64 Å². The number of alkyl halides is 6. The third kappa shape index (κ3) is 6.30. The molecule has 0 spiro atoms. The van der Waals surface area contributed by atoms with Gasteiger partial charge in [-0.3, -0.25) is 0 Å². The third-order valence-electron chi connectivity index (χ3n) is 3.48. The Hall–Kier alpha value is -2.48. The topological polar surface area (TPSA) is 49.2 Å². The van der Waals surface area contributed by atoms with E-state index in [0.717, 1.165) is 12.1 Å². The molecule has 0 N–H and O–H groups in total. The number of hydrogen-bond acceptors (Lipinski definition) is 4. The van der Waals surface area contributed by atoms with Crippen LogP contribution in [-0.4, -0.2) is 30.9 Å². The molecule has 0 amide bonds. The fraction of sp³-hybridized carbons (Fsp3) is 0.294. The summed E-state index contributed by atoms with van der Waals surface area (Å²) in [5.41, 5.74) is -2.29. The van der Waals surface area contributed by atoms with Gasteiger partial charge in [0, 0.05) is 22.4 Å². The van der Waals surface area contributed by atoms with E-state index in [1.165, 1.54) is 18.3 Å². The van der Waals surface area contributed by atoms with E-state index in [1.54, 1.807) is 6.07 Å². The van der Waals surface area contributed by atoms with Crippen molar-refractivity contribution in [2.24, 2.45) is 0 Å². The maximum Gasteiger partial charge on any atom is 0.417 e. The average Bonchev–Trinajstić information content (AvgIpc) is 2.60. The van der Waals surface area contributed by atoms with Crippen LogP contribution in [0.4, 0.5) is 32.0 Å². The molecular formula is C17H12BrF6N3O. The van der Waals surface area contributed by atoms with Gasteiger partial charge in [-0.15, -0.1) is 0 Å². The molecule has 4 nitrogen and oxygen atoms in total. The number of aromatic nitrogens is 1. The van der Waals surface area contributed by atoms with Gasteiger partial charge in [0.25, 0.3) is 0 Å². The van der Waals surface area contributed by atoms with Gasteiger partial charge in [-0.25, -0.2) is 4.98 Å². The third-order valence-corrected chi connectivity index (χ3v) is 3.94. The molecule has 11 heteroatoms. The Morgan fingerprint density at radius 3 is 2.36 bits per heavy atom. The Balaban J connectivity index is 2.23. The highest BCUT2D eigenvalue weighted by Crippen LogP contribution is 2.35. The summed E-state index contributed by atoms with van der Waals surface area (Å²) in [5.74, 6) is 0.158. The lowest BCUT2D eigenvalue weighted by Gasteiger charge is -2.26. The Kier molecular flexibility index (Phi) is 6.77. The van der Waals surface area contributed by atoms with Crippen molar-refractivity contribution < 1.29 is 31.1 Å². The summed E-state index contributed by atoms with van der Waals surface area (Å²) in [7, 11) is 0. The second-order valence-corrected chi connectivity index (χ2v) is 6.45. The fourth-order valence-corrected chi connectivity index (χ4v) is 2.52. The van der Waals surface area contributed by atoms with Crippen LogP contribution >= 0.6 is 15.9 Å². The van der Waals surface area contributed by atoms with Gasteiger partial charge < -0.3 is 9.64 Å². The number of ether oxygens (including phenoxy) is 1. The molecule has 1 aromatic carbocycles. The van der Waals surface area contributed by atoms with Gasteiger partial charge in [0.15, 0.2) is 0 Å². The molecule has 0 bridgehead atoms. The van der Waals surface area contributed by atoms with Crippen molar-refractivity contribution in [2.75, 3.05) is 24.6 Å². The minimum absolute atomic E-state index is 0.158. The van der Waals surface area contributed by atoms with E-state index in [-0.39, 0.29) is 24.7 Å². The number of anilines is 1. The van der Waals surface area contributed by atoms with E-state index < -0.39 is 30.0 Å². The van der Waals surface area contributed by atoms with Crippen LogP contribution in [0.25, 0.3) is 0 Å². The number of nitriles is 1. The van der Waals surface area contributed by atoms with E-state index in [0.29, 0.717) is 15.4 Å². The molecule has 150 valence electrons. The zero-order valence-electron chi connectivity index (χ0n) is 14.0. The summed E-state index contributed by atoms with van der Waals surface area (Å²) in [6.07, 6.45) is -8.09. The van der Waals surface area contributed by atoms with Gasteiger partial charge in [-0.05, 0) is 40.2 Å². The van der Waals surface area contributed by atoms with Gasteiger partial charge in [-0.2, -0.15) is 31.6 Å². The first-order valence-electron chi connectivity index (χ1n) is 7.67. The molecule has 0 aliphatic rings. The molecule has 2 rings (SSSR count). The van der Waals surface area contributed by atoms with E-state index >= 15 is 0 Å². The number of rotatable bonds is 6. The smallest absolute Gasteiger partial charge is 0.417 e. The highest BCUT2D eigenvalue weighted by molar-refractivity contribution is 9.10. The summed E-state index contributed by atoms with van der Waals surface area (Å²) < 4.78 is 83.9. The molecule has 0 fully saturated rings. The Morgan fingerprint density at radius 2 is 1.82 bits per heavy atom. The van der Waals surface area contributed by atoms with Crippen molar-refractivity contribution in [2.45, 2.75) is 12.4 Å². The largest absolute Gasteiger partial charge is 0.476 e. The fourth-order valence-electron chi connectivity index (χ4n) is 2.28. The van der Waals surface area contributed by atoms with E-state index in [4.69, 9.17) is 10.00 Å². The van der Waals surface area contributed by atoms with Crippen LogP contribution in [-0.2, 0) is 6.18 Å². The van der Waals surface area contributed by atoms with Crippen molar-refractivity contribution in [1.29, 1.82) is 5.26 Å². The van der Waals surface area contributed by atoms with Crippen molar-refractivity contribution >= 4 is 21.6 Å². The summed E-state index contributed by atoms with van der Waals surface area (Å²) in [6, 6.07) is 6.91. The van der Waals surface area contributed by atoms with E-state index in [2.05, 4.69) is 20.9 Å². The maximum absolute atomic E-state index is 13.1. The van der Waals surface area contributed by atoms with Gasteiger partial charge in [0.1, 0.15) is 13.2 Å². The Morgan fingerprint density at radius 1 is 1.11 bits per heavy atom. The molecule has 0 saturated heterocycles. The van der Waals surface area contributed by atoms with E-state index in [1.807, 2.05) is 0 Å². The van der Waals surface area contributed by atoms with Crippen molar-refractivity contribution in [3.8, 4) is 11.9 Å². The lowest BCUT2D eigenvalue weighted by atomic mass is 10.1. The summed E-state index contributed by atoms with van der Waals surface area (Å²) >= 11 is 3.17. The lowest BCUT2D eigenvalue weighted by molar-refractivity contribution is -0.137. The molecule has 0 aliphatic carbocycles. The standard InChI is InChI=1S/C17H12BrF6N3O/c18-12-2-4-15(26-9-12)28-6-5-27(10-16(19,20)21)13-3-1-11(8-25)14(7-13)17(22,23)24/h1-4,7,9H,5-6,10H2. The zero-order chi connectivity index (χ0) is 20.9. The first kappa shape index (κ1) is 21.8. The number of hydrogen-bond donors (Lipinski definition) is 0. The zero-order valence-corrected chi connectivity index (χ0v) is 15.6. The molecule has 0 atom stereocenters. The van der Waals surface area contributed by atoms with Gasteiger partial charge >= 0.3 is 12.4 Å². The molecule has 2 aromatic rings. The molecule has 28 heavy (non-hydrogen) atoms. The molecule has 0 unspecified atom stereocenters. The van der Waals surface area contributed by atoms with Crippen molar-refractivity contribution in [3.63, 3.8) is 0 Å². The van der Waals surface area contributed by atoms with Crippen LogP contribution in [0, 0.1) is 11.3 Å². The number of benzene rings is 1. The van der Waals surface area contributed by atoms with Crippen molar-refractivity contribution in [1.82, 2.24) is 4.98 Å². The predicted molar refractivity (Wildman–Crippen MR) is 91.9 cm³/mol. The molecule has 1 aromatic heterocycles. The number of halogens is 7. The second kappa shape index (κ2) is 8.68. The second-order valence-electron chi connectivity index (χ2n) is 5.54. The van der Waals surface area contributed by atoms with Gasteiger partial charge in [0.2, 0.25) is 5.88 Å². The quantitative estimate of drug-likeness (QED) is 0.549. The molecule has 0 saturated carbocycles. The van der Waals surface area contributed by atoms with E-state index in [9.17, 15) is 26.3 Å².